The average molecular weight is 344 g/mol. The Morgan fingerprint density at radius 3 is 2.61 bits per heavy atom. The van der Waals surface area contributed by atoms with E-state index in [9.17, 15) is 0 Å². The number of rotatable bonds is 3. The van der Waals surface area contributed by atoms with Crippen molar-refractivity contribution in [2.75, 3.05) is 0 Å². The van der Waals surface area contributed by atoms with Crippen molar-refractivity contribution in [1.82, 2.24) is 9.97 Å². The van der Waals surface area contributed by atoms with Crippen LogP contribution in [0.2, 0.25) is 5.15 Å². The fourth-order valence-electron chi connectivity index (χ4n) is 1.36. The van der Waals surface area contributed by atoms with Crippen molar-refractivity contribution < 1.29 is 0 Å². The number of halogens is 2. The van der Waals surface area contributed by atoms with Gasteiger partial charge >= 0.3 is 0 Å². The highest BCUT2D eigenvalue weighted by Crippen LogP contribution is 2.33. The van der Waals surface area contributed by atoms with E-state index in [4.69, 9.17) is 11.6 Å². The molecule has 1 heterocycles. The van der Waals surface area contributed by atoms with Gasteiger partial charge in [-0.1, -0.05) is 49.3 Å². The predicted molar refractivity (Wildman–Crippen MR) is 79.4 cm³/mol. The molecular formula is C13H12BrClN2S. The Morgan fingerprint density at radius 2 is 1.94 bits per heavy atom. The van der Waals surface area contributed by atoms with Gasteiger partial charge in [0.1, 0.15) is 16.0 Å². The van der Waals surface area contributed by atoms with Crippen LogP contribution in [0.1, 0.15) is 25.6 Å². The van der Waals surface area contributed by atoms with Crippen molar-refractivity contribution in [2.24, 2.45) is 0 Å². The first-order chi connectivity index (χ1) is 8.56. The minimum Gasteiger partial charge on any atom is -0.226 e. The molecule has 0 radical (unpaired) electrons. The zero-order valence-electron chi connectivity index (χ0n) is 10.0. The summed E-state index contributed by atoms with van der Waals surface area (Å²) in [6.45, 7) is 4.11. The highest BCUT2D eigenvalue weighted by atomic mass is 79.9. The van der Waals surface area contributed by atoms with E-state index < -0.39 is 0 Å². The lowest BCUT2D eigenvalue weighted by Gasteiger charge is -2.08. The van der Waals surface area contributed by atoms with E-state index in [0.717, 1.165) is 20.2 Å². The van der Waals surface area contributed by atoms with Crippen LogP contribution >= 0.6 is 39.3 Å². The van der Waals surface area contributed by atoms with Gasteiger partial charge < -0.3 is 0 Å². The number of benzene rings is 1. The summed E-state index contributed by atoms with van der Waals surface area (Å²) < 4.78 is 1.05. The van der Waals surface area contributed by atoms with E-state index in [1.54, 1.807) is 17.8 Å². The summed E-state index contributed by atoms with van der Waals surface area (Å²) in [7, 11) is 0. The summed E-state index contributed by atoms with van der Waals surface area (Å²) in [5, 5.41) is 1.36. The van der Waals surface area contributed by atoms with Gasteiger partial charge in [-0.25, -0.2) is 9.97 Å². The molecule has 0 fully saturated rings. The third-order valence-electron chi connectivity index (χ3n) is 2.26. The van der Waals surface area contributed by atoms with Gasteiger partial charge in [0.2, 0.25) is 0 Å². The molecule has 5 heteroatoms. The van der Waals surface area contributed by atoms with Gasteiger partial charge in [-0.15, -0.1) is 0 Å². The molecule has 0 atom stereocenters. The molecule has 1 aromatic carbocycles. The highest BCUT2D eigenvalue weighted by Gasteiger charge is 2.09. The molecule has 2 rings (SSSR count). The smallest absolute Gasteiger partial charge is 0.133 e. The highest BCUT2D eigenvalue weighted by molar-refractivity contribution is 9.10. The quantitative estimate of drug-likeness (QED) is 0.719. The number of hydrogen-bond donors (Lipinski definition) is 0. The van der Waals surface area contributed by atoms with E-state index in [-0.39, 0.29) is 5.92 Å². The second-order valence-electron chi connectivity index (χ2n) is 4.07. The fraction of sp³-hybridized carbons (Fsp3) is 0.231. The average Bonchev–Trinajstić information content (AvgIpc) is 2.31. The minimum atomic E-state index is 0.266. The topological polar surface area (TPSA) is 25.8 Å². The Hall–Kier alpha value is -0.580. The standard InChI is InChI=1S/C13H12BrClN2S/c1-8(2)13-16-11(15)7-12(17-13)18-10-6-4-3-5-9(10)14/h3-8H,1-2H3. The first-order valence-corrected chi connectivity index (χ1v) is 7.52. The van der Waals surface area contributed by atoms with E-state index in [1.807, 2.05) is 24.3 Å². The van der Waals surface area contributed by atoms with E-state index in [2.05, 4.69) is 39.7 Å². The van der Waals surface area contributed by atoms with E-state index >= 15 is 0 Å². The predicted octanol–water partition coefficient (Wildman–Crippen LogP) is 5.17. The van der Waals surface area contributed by atoms with E-state index in [0.29, 0.717) is 5.15 Å². The molecular weight excluding hydrogens is 332 g/mol. The van der Waals surface area contributed by atoms with Gasteiger partial charge in [0.25, 0.3) is 0 Å². The molecule has 0 spiro atoms. The molecule has 1 aromatic heterocycles. The molecule has 2 aromatic rings. The Kier molecular flexibility index (Phi) is 4.65. The first kappa shape index (κ1) is 13.8. The van der Waals surface area contributed by atoms with Gasteiger partial charge in [-0.2, -0.15) is 0 Å². The molecule has 0 aliphatic heterocycles. The number of hydrogen-bond acceptors (Lipinski definition) is 3. The van der Waals surface area contributed by atoms with E-state index in [1.165, 1.54) is 0 Å². The van der Waals surface area contributed by atoms with Crippen LogP contribution in [0.15, 0.2) is 44.7 Å². The molecule has 2 nitrogen and oxygen atoms in total. The third-order valence-corrected chi connectivity index (χ3v) is 4.40. The van der Waals surface area contributed by atoms with Gasteiger partial charge in [0.15, 0.2) is 0 Å². The van der Waals surface area contributed by atoms with Crippen molar-refractivity contribution in [1.29, 1.82) is 0 Å². The molecule has 0 bridgehead atoms. The van der Waals surface area contributed by atoms with Crippen LogP contribution in [0.5, 0.6) is 0 Å². The van der Waals surface area contributed by atoms with Crippen LogP contribution in [0, 0.1) is 0 Å². The lowest BCUT2D eigenvalue weighted by atomic mass is 10.2. The third kappa shape index (κ3) is 3.46. The molecule has 0 saturated heterocycles. The van der Waals surface area contributed by atoms with Crippen molar-refractivity contribution in [3.63, 3.8) is 0 Å². The molecule has 0 unspecified atom stereocenters. The first-order valence-electron chi connectivity index (χ1n) is 5.53. The van der Waals surface area contributed by atoms with Gasteiger partial charge in [0, 0.05) is 21.4 Å². The Bertz CT molecular complexity index is 560. The van der Waals surface area contributed by atoms with Crippen molar-refractivity contribution in [2.45, 2.75) is 29.7 Å². The van der Waals surface area contributed by atoms with Gasteiger partial charge in [0.05, 0.1) is 0 Å². The van der Waals surface area contributed by atoms with Crippen LogP contribution < -0.4 is 0 Å². The molecule has 18 heavy (non-hydrogen) atoms. The Labute approximate surface area is 124 Å². The summed E-state index contributed by atoms with van der Waals surface area (Å²) in [4.78, 5) is 9.86. The normalized spacial score (nSPS) is 10.9. The number of nitrogens with zero attached hydrogens (tertiary/aromatic N) is 2. The SMILES string of the molecule is CC(C)c1nc(Cl)cc(Sc2ccccc2Br)n1. The molecule has 94 valence electrons. The fourth-order valence-corrected chi connectivity index (χ4v) is 2.99. The van der Waals surface area contributed by atoms with Gasteiger partial charge in [-0.3, -0.25) is 0 Å². The second kappa shape index (κ2) is 6.04. The summed E-state index contributed by atoms with van der Waals surface area (Å²) in [6, 6.07) is 9.83. The summed E-state index contributed by atoms with van der Waals surface area (Å²) in [5.41, 5.74) is 0. The summed E-state index contributed by atoms with van der Waals surface area (Å²) >= 11 is 11.1. The summed E-state index contributed by atoms with van der Waals surface area (Å²) in [6.07, 6.45) is 0. The van der Waals surface area contributed by atoms with Crippen LogP contribution in [-0.2, 0) is 0 Å². The van der Waals surface area contributed by atoms with Crippen molar-refractivity contribution in [3.8, 4) is 0 Å². The Balaban J connectivity index is 2.32. The maximum Gasteiger partial charge on any atom is 0.133 e. The zero-order valence-corrected chi connectivity index (χ0v) is 13.2. The second-order valence-corrected chi connectivity index (χ2v) is 6.38. The molecule has 0 saturated carbocycles. The molecule has 0 aliphatic rings. The van der Waals surface area contributed by atoms with Crippen LogP contribution in [0.25, 0.3) is 0 Å². The van der Waals surface area contributed by atoms with Crippen LogP contribution in [-0.4, -0.2) is 9.97 Å². The Morgan fingerprint density at radius 1 is 1.22 bits per heavy atom. The van der Waals surface area contributed by atoms with Crippen molar-refractivity contribution >= 4 is 39.3 Å². The van der Waals surface area contributed by atoms with Crippen LogP contribution in [0.3, 0.4) is 0 Å². The minimum absolute atomic E-state index is 0.266. The largest absolute Gasteiger partial charge is 0.226 e. The summed E-state index contributed by atoms with van der Waals surface area (Å²) in [5.74, 6) is 1.04. The lowest BCUT2D eigenvalue weighted by molar-refractivity contribution is 0.753. The maximum atomic E-state index is 6.02. The maximum absolute atomic E-state index is 6.02. The molecule has 0 aliphatic carbocycles. The molecule has 0 N–H and O–H groups in total. The monoisotopic (exact) mass is 342 g/mol. The lowest BCUT2D eigenvalue weighted by Crippen LogP contribution is -1.98. The zero-order chi connectivity index (χ0) is 13.1. The molecule has 0 amide bonds. The van der Waals surface area contributed by atoms with Crippen molar-refractivity contribution in [3.05, 3.63) is 45.8 Å². The van der Waals surface area contributed by atoms with Crippen LogP contribution in [0.4, 0.5) is 0 Å². The van der Waals surface area contributed by atoms with Gasteiger partial charge in [-0.05, 0) is 28.1 Å². The number of aromatic nitrogens is 2.